The molecule has 6 nitrogen and oxygen atoms in total. The lowest BCUT2D eigenvalue weighted by Gasteiger charge is -2.16. The summed E-state index contributed by atoms with van der Waals surface area (Å²) < 4.78 is 37.6. The maximum atomic E-state index is 12.5. The second kappa shape index (κ2) is 5.58. The minimum atomic E-state index is -4.52. The van der Waals surface area contributed by atoms with E-state index in [1.165, 1.54) is 4.90 Å². The van der Waals surface area contributed by atoms with Crippen molar-refractivity contribution in [3.8, 4) is 0 Å². The van der Waals surface area contributed by atoms with Crippen LogP contribution in [0, 0.1) is 5.92 Å². The highest BCUT2D eigenvalue weighted by Crippen LogP contribution is 2.30. The number of hydrogen-bond donors (Lipinski definition) is 2. The number of aliphatic carboxylic acids is 1. The van der Waals surface area contributed by atoms with Crippen LogP contribution in [0.4, 0.5) is 23.8 Å². The maximum absolute atomic E-state index is 12.5. The lowest BCUT2D eigenvalue weighted by Crippen LogP contribution is -2.34. The standard InChI is InChI=1S/C12H12F3N3O3/c13-12(14,15)8-1-3-16-9(5-8)17-11(21)18-4-2-7(6-18)10(19)20/h1,3,5,7H,2,4,6H2,(H,19,20)(H,16,17,21). The van der Waals surface area contributed by atoms with Gasteiger partial charge in [0.15, 0.2) is 0 Å². The van der Waals surface area contributed by atoms with Crippen LogP contribution in [-0.2, 0) is 11.0 Å². The number of rotatable bonds is 2. The molecular weight excluding hydrogens is 291 g/mol. The van der Waals surface area contributed by atoms with Crippen LogP contribution >= 0.6 is 0 Å². The predicted octanol–water partition coefficient (Wildman–Crippen LogP) is 2.04. The molecule has 1 aliphatic heterocycles. The average molecular weight is 303 g/mol. The Morgan fingerprint density at radius 2 is 2.14 bits per heavy atom. The molecule has 2 amide bonds. The molecule has 2 N–H and O–H groups in total. The zero-order valence-corrected chi connectivity index (χ0v) is 10.7. The normalized spacial score (nSPS) is 18.6. The predicted molar refractivity (Wildman–Crippen MR) is 65.6 cm³/mol. The van der Waals surface area contributed by atoms with Crippen LogP contribution in [0.1, 0.15) is 12.0 Å². The second-order valence-electron chi connectivity index (χ2n) is 4.63. The van der Waals surface area contributed by atoms with Crippen molar-refractivity contribution in [1.82, 2.24) is 9.88 Å². The Hall–Kier alpha value is -2.32. The van der Waals surface area contributed by atoms with Crippen LogP contribution < -0.4 is 5.32 Å². The van der Waals surface area contributed by atoms with Gasteiger partial charge in [-0.1, -0.05) is 0 Å². The van der Waals surface area contributed by atoms with Gasteiger partial charge in [0.25, 0.3) is 0 Å². The van der Waals surface area contributed by atoms with E-state index in [4.69, 9.17) is 5.11 Å². The third kappa shape index (κ3) is 3.61. The highest BCUT2D eigenvalue weighted by molar-refractivity contribution is 5.89. The smallest absolute Gasteiger partial charge is 0.416 e. The van der Waals surface area contributed by atoms with Gasteiger partial charge >= 0.3 is 18.2 Å². The van der Waals surface area contributed by atoms with Crippen molar-refractivity contribution >= 4 is 17.8 Å². The summed E-state index contributed by atoms with van der Waals surface area (Å²) in [5.41, 5.74) is -0.919. The van der Waals surface area contributed by atoms with Crippen molar-refractivity contribution in [2.75, 3.05) is 18.4 Å². The Bertz CT molecular complexity index is 562. The molecule has 9 heteroatoms. The number of nitrogens with one attached hydrogen (secondary N) is 1. The molecule has 0 saturated carbocycles. The van der Waals surface area contributed by atoms with Gasteiger partial charge in [-0.25, -0.2) is 9.78 Å². The summed E-state index contributed by atoms with van der Waals surface area (Å²) in [7, 11) is 0. The van der Waals surface area contributed by atoms with E-state index in [1.807, 2.05) is 0 Å². The molecule has 0 spiro atoms. The minimum absolute atomic E-state index is 0.0279. The van der Waals surface area contributed by atoms with E-state index >= 15 is 0 Å². The Morgan fingerprint density at radius 1 is 1.43 bits per heavy atom. The van der Waals surface area contributed by atoms with Crippen molar-refractivity contribution in [2.45, 2.75) is 12.6 Å². The molecule has 21 heavy (non-hydrogen) atoms. The van der Waals surface area contributed by atoms with Crippen LogP contribution in [0.15, 0.2) is 18.3 Å². The molecule has 0 aromatic carbocycles. The van der Waals surface area contributed by atoms with Gasteiger partial charge < -0.3 is 10.0 Å². The Balaban J connectivity index is 2.02. The fourth-order valence-electron chi connectivity index (χ4n) is 2.01. The summed E-state index contributed by atoms with van der Waals surface area (Å²) in [6, 6.07) is 0.861. The van der Waals surface area contributed by atoms with Gasteiger partial charge in [-0.2, -0.15) is 13.2 Å². The van der Waals surface area contributed by atoms with Crippen molar-refractivity contribution in [2.24, 2.45) is 5.92 Å². The molecule has 1 fully saturated rings. The minimum Gasteiger partial charge on any atom is -0.481 e. The van der Waals surface area contributed by atoms with E-state index in [1.54, 1.807) is 0 Å². The first-order valence-electron chi connectivity index (χ1n) is 6.09. The molecule has 1 unspecified atom stereocenters. The van der Waals surface area contributed by atoms with Gasteiger partial charge in [-0.05, 0) is 18.6 Å². The quantitative estimate of drug-likeness (QED) is 0.876. The number of nitrogens with zero attached hydrogens (tertiary/aromatic N) is 2. The van der Waals surface area contributed by atoms with Crippen LogP contribution in [-0.4, -0.2) is 40.1 Å². The van der Waals surface area contributed by atoms with E-state index in [2.05, 4.69) is 10.3 Å². The third-order valence-electron chi connectivity index (χ3n) is 3.15. The van der Waals surface area contributed by atoms with Gasteiger partial charge in [0.05, 0.1) is 11.5 Å². The first-order valence-corrected chi connectivity index (χ1v) is 6.09. The average Bonchev–Trinajstić information content (AvgIpc) is 2.88. The van der Waals surface area contributed by atoms with Gasteiger partial charge in [-0.15, -0.1) is 0 Å². The van der Waals surface area contributed by atoms with Crippen LogP contribution in [0.3, 0.4) is 0 Å². The van der Waals surface area contributed by atoms with Crippen LogP contribution in [0.5, 0.6) is 0 Å². The Morgan fingerprint density at radius 3 is 2.71 bits per heavy atom. The number of pyridine rings is 1. The van der Waals surface area contributed by atoms with Crippen LogP contribution in [0.25, 0.3) is 0 Å². The number of halogens is 3. The first-order chi connectivity index (χ1) is 9.77. The van der Waals surface area contributed by atoms with Crippen molar-refractivity contribution in [1.29, 1.82) is 0 Å². The van der Waals surface area contributed by atoms with Gasteiger partial charge in [0.2, 0.25) is 0 Å². The zero-order valence-electron chi connectivity index (χ0n) is 10.7. The third-order valence-corrected chi connectivity index (χ3v) is 3.15. The van der Waals surface area contributed by atoms with Gasteiger partial charge in [-0.3, -0.25) is 10.1 Å². The van der Waals surface area contributed by atoms with Crippen molar-refractivity contribution in [3.63, 3.8) is 0 Å². The monoisotopic (exact) mass is 303 g/mol. The number of alkyl halides is 3. The number of anilines is 1. The molecule has 1 aliphatic rings. The number of amides is 2. The zero-order chi connectivity index (χ0) is 15.6. The number of likely N-dealkylation sites (tertiary alicyclic amines) is 1. The molecule has 114 valence electrons. The number of carbonyl (C=O) groups excluding carboxylic acids is 1. The Kier molecular flexibility index (Phi) is 4.01. The number of carboxylic acid groups (broad SMARTS) is 1. The van der Waals surface area contributed by atoms with Gasteiger partial charge in [0, 0.05) is 19.3 Å². The summed E-state index contributed by atoms with van der Waals surface area (Å²) in [4.78, 5) is 27.5. The van der Waals surface area contributed by atoms with E-state index in [0.29, 0.717) is 6.42 Å². The SMILES string of the molecule is O=C(O)C1CCN(C(=O)Nc2cc(C(F)(F)F)ccn2)C1. The molecule has 1 aromatic rings. The lowest BCUT2D eigenvalue weighted by atomic mass is 10.1. The van der Waals surface area contributed by atoms with Crippen molar-refractivity contribution < 1.29 is 27.9 Å². The molecule has 1 atom stereocenters. The summed E-state index contributed by atoms with van der Waals surface area (Å²) in [5, 5.41) is 11.1. The molecule has 1 saturated heterocycles. The number of carboxylic acids is 1. The Labute approximate surface area is 117 Å². The summed E-state index contributed by atoms with van der Waals surface area (Å²) >= 11 is 0. The summed E-state index contributed by atoms with van der Waals surface area (Å²) in [6.45, 7) is 0.266. The number of hydrogen-bond acceptors (Lipinski definition) is 3. The topological polar surface area (TPSA) is 82.5 Å². The molecule has 0 bridgehead atoms. The second-order valence-corrected chi connectivity index (χ2v) is 4.63. The number of aromatic nitrogens is 1. The van der Waals surface area contributed by atoms with Gasteiger partial charge in [0.1, 0.15) is 5.82 Å². The summed E-state index contributed by atoms with van der Waals surface area (Å²) in [6.07, 6.45) is -3.26. The van der Waals surface area contributed by atoms with E-state index < -0.39 is 29.7 Å². The number of urea groups is 1. The molecule has 0 aliphatic carbocycles. The van der Waals surface area contributed by atoms with E-state index in [0.717, 1.165) is 18.3 Å². The largest absolute Gasteiger partial charge is 0.481 e. The van der Waals surface area contributed by atoms with E-state index in [9.17, 15) is 22.8 Å². The molecule has 2 rings (SSSR count). The molecule has 2 heterocycles. The fourth-order valence-corrected chi connectivity index (χ4v) is 2.01. The first kappa shape index (κ1) is 15.1. The summed E-state index contributed by atoms with van der Waals surface area (Å²) in [5.74, 6) is -1.87. The highest BCUT2D eigenvalue weighted by atomic mass is 19.4. The fraction of sp³-hybridized carbons (Fsp3) is 0.417. The highest BCUT2D eigenvalue weighted by Gasteiger charge is 2.32. The number of carbonyl (C=O) groups is 2. The van der Waals surface area contributed by atoms with Crippen molar-refractivity contribution in [3.05, 3.63) is 23.9 Å². The lowest BCUT2D eigenvalue weighted by molar-refractivity contribution is -0.141. The molecule has 0 radical (unpaired) electrons. The molecule has 1 aromatic heterocycles. The van der Waals surface area contributed by atoms with E-state index in [-0.39, 0.29) is 18.9 Å². The van der Waals surface area contributed by atoms with Crippen LogP contribution in [0.2, 0.25) is 0 Å². The molecular formula is C12H12F3N3O3. The maximum Gasteiger partial charge on any atom is 0.416 e.